The fourth-order valence-corrected chi connectivity index (χ4v) is 2.53. The maximum atomic E-state index is 11.6. The second-order valence-corrected chi connectivity index (χ2v) is 5.46. The molecule has 0 aliphatic heterocycles. The molecule has 0 aliphatic carbocycles. The highest BCUT2D eigenvalue weighted by atomic mass is 32.2. The molecule has 0 saturated carbocycles. The standard InChI is InChI=1S/C17H18O2S/c18-17(14-20-16-11-5-2-6-12-16)19-13-7-10-15-8-3-1-4-9-15/h1-6,8-9,11-12H,7,10,13-14H2. The Morgan fingerprint density at radius 3 is 2.30 bits per heavy atom. The van der Waals surface area contributed by atoms with E-state index in [0.29, 0.717) is 12.4 Å². The SMILES string of the molecule is O=C(CSc1ccccc1)OCCCc1ccccc1. The van der Waals surface area contributed by atoms with Crippen molar-refractivity contribution in [3.63, 3.8) is 0 Å². The molecule has 0 atom stereocenters. The number of carbonyl (C=O) groups excluding carboxylic acids is 1. The van der Waals surface area contributed by atoms with Crippen molar-refractivity contribution in [2.45, 2.75) is 17.7 Å². The topological polar surface area (TPSA) is 26.3 Å². The van der Waals surface area contributed by atoms with Crippen LogP contribution in [0.5, 0.6) is 0 Å². The minimum Gasteiger partial charge on any atom is -0.465 e. The molecule has 2 rings (SSSR count). The average Bonchev–Trinajstić information content (AvgIpc) is 2.52. The van der Waals surface area contributed by atoms with Gasteiger partial charge in [-0.3, -0.25) is 4.79 Å². The maximum Gasteiger partial charge on any atom is 0.316 e. The van der Waals surface area contributed by atoms with Crippen LogP contribution in [0.3, 0.4) is 0 Å². The molecule has 104 valence electrons. The number of carbonyl (C=O) groups is 1. The van der Waals surface area contributed by atoms with Gasteiger partial charge in [0, 0.05) is 4.90 Å². The number of thioether (sulfide) groups is 1. The third-order valence-electron chi connectivity index (χ3n) is 2.82. The van der Waals surface area contributed by atoms with Crippen LogP contribution in [0.4, 0.5) is 0 Å². The molecule has 0 N–H and O–H groups in total. The maximum absolute atomic E-state index is 11.6. The zero-order chi connectivity index (χ0) is 14.0. The zero-order valence-electron chi connectivity index (χ0n) is 11.3. The molecule has 0 aromatic heterocycles. The summed E-state index contributed by atoms with van der Waals surface area (Å²) >= 11 is 1.51. The van der Waals surface area contributed by atoms with Crippen molar-refractivity contribution >= 4 is 17.7 Å². The van der Waals surface area contributed by atoms with Crippen LogP contribution in [-0.4, -0.2) is 18.3 Å². The highest BCUT2D eigenvalue weighted by Gasteiger charge is 2.03. The van der Waals surface area contributed by atoms with Gasteiger partial charge >= 0.3 is 5.97 Å². The summed E-state index contributed by atoms with van der Waals surface area (Å²) in [5.74, 6) is 0.224. The third kappa shape index (κ3) is 5.49. The largest absolute Gasteiger partial charge is 0.465 e. The lowest BCUT2D eigenvalue weighted by Crippen LogP contribution is -2.09. The average molecular weight is 286 g/mol. The number of hydrogen-bond donors (Lipinski definition) is 0. The van der Waals surface area contributed by atoms with E-state index in [1.807, 2.05) is 48.5 Å². The highest BCUT2D eigenvalue weighted by Crippen LogP contribution is 2.16. The summed E-state index contributed by atoms with van der Waals surface area (Å²) < 4.78 is 5.23. The van der Waals surface area contributed by atoms with Crippen molar-refractivity contribution < 1.29 is 9.53 Å². The second kappa shape index (κ2) is 8.43. The van der Waals surface area contributed by atoms with E-state index in [2.05, 4.69) is 12.1 Å². The van der Waals surface area contributed by atoms with Crippen molar-refractivity contribution in [1.82, 2.24) is 0 Å². The molecule has 0 unspecified atom stereocenters. The van der Waals surface area contributed by atoms with Crippen LogP contribution in [0.15, 0.2) is 65.6 Å². The predicted octanol–water partition coefficient (Wildman–Crippen LogP) is 3.95. The molecule has 0 aliphatic rings. The van der Waals surface area contributed by atoms with Crippen molar-refractivity contribution in [3.05, 3.63) is 66.2 Å². The molecule has 0 fully saturated rings. The molecule has 20 heavy (non-hydrogen) atoms. The van der Waals surface area contributed by atoms with E-state index < -0.39 is 0 Å². The highest BCUT2D eigenvalue weighted by molar-refractivity contribution is 8.00. The van der Waals surface area contributed by atoms with Crippen LogP contribution in [0.25, 0.3) is 0 Å². The van der Waals surface area contributed by atoms with Crippen molar-refractivity contribution in [2.75, 3.05) is 12.4 Å². The van der Waals surface area contributed by atoms with E-state index in [4.69, 9.17) is 4.74 Å². The molecular formula is C17H18O2S. The molecule has 0 amide bonds. The van der Waals surface area contributed by atoms with Gasteiger partial charge in [0.25, 0.3) is 0 Å². The number of esters is 1. The monoisotopic (exact) mass is 286 g/mol. The minimum atomic E-state index is -0.146. The van der Waals surface area contributed by atoms with Crippen LogP contribution in [-0.2, 0) is 16.0 Å². The molecule has 2 nitrogen and oxygen atoms in total. The van der Waals surface area contributed by atoms with E-state index in [1.54, 1.807) is 0 Å². The Kier molecular flexibility index (Phi) is 6.18. The fourth-order valence-electron chi connectivity index (χ4n) is 1.81. The first kappa shape index (κ1) is 14.7. The van der Waals surface area contributed by atoms with Crippen molar-refractivity contribution in [3.8, 4) is 0 Å². The molecule has 2 aromatic rings. The van der Waals surface area contributed by atoms with Crippen LogP contribution in [0.1, 0.15) is 12.0 Å². The molecular weight excluding hydrogens is 268 g/mol. The van der Waals surface area contributed by atoms with E-state index in [1.165, 1.54) is 17.3 Å². The van der Waals surface area contributed by atoms with E-state index in [0.717, 1.165) is 17.7 Å². The Morgan fingerprint density at radius 2 is 1.60 bits per heavy atom. The Morgan fingerprint density at radius 1 is 0.950 bits per heavy atom. The van der Waals surface area contributed by atoms with Crippen LogP contribution in [0, 0.1) is 0 Å². The van der Waals surface area contributed by atoms with Crippen LogP contribution < -0.4 is 0 Å². The summed E-state index contributed by atoms with van der Waals surface area (Å²) in [4.78, 5) is 12.7. The van der Waals surface area contributed by atoms with Crippen molar-refractivity contribution in [1.29, 1.82) is 0 Å². The fraction of sp³-hybridized carbons (Fsp3) is 0.235. The predicted molar refractivity (Wildman–Crippen MR) is 82.9 cm³/mol. The Hall–Kier alpha value is -1.74. The van der Waals surface area contributed by atoms with Crippen LogP contribution in [0.2, 0.25) is 0 Å². The van der Waals surface area contributed by atoms with Gasteiger partial charge in [0.1, 0.15) is 0 Å². The number of rotatable bonds is 7. The minimum absolute atomic E-state index is 0.146. The van der Waals surface area contributed by atoms with Gasteiger partial charge in [-0.15, -0.1) is 11.8 Å². The van der Waals surface area contributed by atoms with Gasteiger partial charge in [0.2, 0.25) is 0 Å². The molecule has 0 saturated heterocycles. The number of aryl methyl sites for hydroxylation is 1. The first-order valence-corrected chi connectivity index (χ1v) is 7.70. The smallest absolute Gasteiger partial charge is 0.316 e. The second-order valence-electron chi connectivity index (χ2n) is 4.41. The molecule has 0 radical (unpaired) electrons. The van der Waals surface area contributed by atoms with Gasteiger partial charge in [-0.1, -0.05) is 48.5 Å². The molecule has 0 spiro atoms. The van der Waals surface area contributed by atoms with Crippen LogP contribution >= 0.6 is 11.8 Å². The van der Waals surface area contributed by atoms with Gasteiger partial charge in [0.05, 0.1) is 12.4 Å². The first-order chi connectivity index (χ1) is 9.84. The molecule has 0 bridgehead atoms. The van der Waals surface area contributed by atoms with Crippen molar-refractivity contribution in [2.24, 2.45) is 0 Å². The Bertz CT molecular complexity index is 511. The van der Waals surface area contributed by atoms with Gasteiger partial charge in [-0.2, -0.15) is 0 Å². The first-order valence-electron chi connectivity index (χ1n) is 6.72. The van der Waals surface area contributed by atoms with Gasteiger partial charge < -0.3 is 4.74 Å². The lowest BCUT2D eigenvalue weighted by atomic mass is 10.1. The lowest BCUT2D eigenvalue weighted by molar-refractivity contribution is -0.140. The lowest BCUT2D eigenvalue weighted by Gasteiger charge is -2.05. The normalized spacial score (nSPS) is 10.2. The molecule has 2 aromatic carbocycles. The molecule has 3 heteroatoms. The number of hydrogen-bond acceptors (Lipinski definition) is 3. The number of benzene rings is 2. The summed E-state index contributed by atoms with van der Waals surface area (Å²) in [6, 6.07) is 20.1. The number of ether oxygens (including phenoxy) is 1. The Labute approximate surface area is 124 Å². The van der Waals surface area contributed by atoms with E-state index >= 15 is 0 Å². The van der Waals surface area contributed by atoms with Gasteiger partial charge in [0.15, 0.2) is 0 Å². The summed E-state index contributed by atoms with van der Waals surface area (Å²) in [5, 5.41) is 0. The zero-order valence-corrected chi connectivity index (χ0v) is 12.1. The summed E-state index contributed by atoms with van der Waals surface area (Å²) in [5.41, 5.74) is 1.28. The summed E-state index contributed by atoms with van der Waals surface area (Å²) in [6.45, 7) is 0.489. The van der Waals surface area contributed by atoms with Gasteiger partial charge in [-0.05, 0) is 30.5 Å². The summed E-state index contributed by atoms with van der Waals surface area (Å²) in [7, 11) is 0. The van der Waals surface area contributed by atoms with E-state index in [-0.39, 0.29) is 5.97 Å². The summed E-state index contributed by atoms with van der Waals surface area (Å²) in [6.07, 6.45) is 1.81. The van der Waals surface area contributed by atoms with E-state index in [9.17, 15) is 4.79 Å². The quantitative estimate of drug-likeness (QED) is 0.438. The molecule has 0 heterocycles. The third-order valence-corrected chi connectivity index (χ3v) is 3.80. The van der Waals surface area contributed by atoms with Gasteiger partial charge in [-0.25, -0.2) is 0 Å². The Balaban J connectivity index is 1.59.